The van der Waals surface area contributed by atoms with Gasteiger partial charge in [-0.2, -0.15) is 0 Å². The average Bonchev–Trinajstić information content (AvgIpc) is 2.26. The number of unbranched alkanes of at least 4 members (excludes halogenated alkanes) is 2. The minimum Gasteiger partial charge on any atom is -0.387 e. The number of rotatable bonds is 8. The summed E-state index contributed by atoms with van der Waals surface area (Å²) in [6.07, 6.45) is 2.72. The van der Waals surface area contributed by atoms with Crippen LogP contribution in [0.3, 0.4) is 0 Å². The summed E-state index contributed by atoms with van der Waals surface area (Å²) in [5.41, 5.74) is 0. The van der Waals surface area contributed by atoms with Gasteiger partial charge in [0.25, 0.3) is 0 Å². The van der Waals surface area contributed by atoms with Crippen LogP contribution in [0.2, 0.25) is 0 Å². The largest absolute Gasteiger partial charge is 0.387 e. The van der Waals surface area contributed by atoms with Gasteiger partial charge >= 0.3 is 0 Å². The second-order valence-corrected chi connectivity index (χ2v) is 4.01. The van der Waals surface area contributed by atoms with E-state index >= 15 is 0 Å². The molecule has 0 spiro atoms. The lowest BCUT2D eigenvalue weighted by Crippen LogP contribution is -2.29. The number of carbonyl (C=O) groups excluding carboxylic acids is 2. The lowest BCUT2D eigenvalue weighted by atomic mass is 10.2. The summed E-state index contributed by atoms with van der Waals surface area (Å²) in [5, 5.41) is 13.8. The Labute approximate surface area is 96.6 Å². The number of hydrogen-bond acceptors (Lipinski definition) is 3. The molecule has 0 heterocycles. The van der Waals surface area contributed by atoms with Crippen LogP contribution in [-0.2, 0) is 9.59 Å². The maximum Gasteiger partial charge on any atom is 0.245 e. The van der Waals surface area contributed by atoms with Crippen LogP contribution in [0.5, 0.6) is 0 Å². The zero-order chi connectivity index (χ0) is 12.4. The Hall–Kier alpha value is -1.10. The molecule has 3 N–H and O–H groups in total. The van der Waals surface area contributed by atoms with Gasteiger partial charge in [0, 0.05) is 19.0 Å². The van der Waals surface area contributed by atoms with Crippen LogP contribution in [0, 0.1) is 5.92 Å². The lowest BCUT2D eigenvalue weighted by Gasteiger charge is -2.07. The second kappa shape index (κ2) is 9.15. The van der Waals surface area contributed by atoms with Gasteiger partial charge in [0.1, 0.15) is 6.61 Å². The van der Waals surface area contributed by atoms with E-state index < -0.39 is 6.61 Å². The number of amides is 2. The van der Waals surface area contributed by atoms with Crippen molar-refractivity contribution in [3.63, 3.8) is 0 Å². The first-order chi connectivity index (χ1) is 7.57. The van der Waals surface area contributed by atoms with E-state index in [2.05, 4.69) is 10.6 Å². The first-order valence-corrected chi connectivity index (χ1v) is 5.73. The molecule has 0 unspecified atom stereocenters. The minimum atomic E-state index is -0.454. The molecule has 0 aliphatic carbocycles. The van der Waals surface area contributed by atoms with Crippen LogP contribution in [0.1, 0.15) is 33.1 Å². The molecule has 0 bridgehead atoms. The molecule has 94 valence electrons. The van der Waals surface area contributed by atoms with Crippen LogP contribution < -0.4 is 10.6 Å². The van der Waals surface area contributed by atoms with Gasteiger partial charge in [0.15, 0.2) is 0 Å². The van der Waals surface area contributed by atoms with Gasteiger partial charge in [0.05, 0.1) is 0 Å². The number of carbonyl (C=O) groups is 2. The highest BCUT2D eigenvalue weighted by atomic mass is 16.3. The SMILES string of the molecule is CC(C)C(=O)NCCCCCNC(=O)CO. The summed E-state index contributed by atoms with van der Waals surface area (Å²) >= 11 is 0. The predicted molar refractivity (Wildman–Crippen MR) is 61.8 cm³/mol. The highest BCUT2D eigenvalue weighted by Gasteiger charge is 2.04. The van der Waals surface area contributed by atoms with Crippen LogP contribution >= 0.6 is 0 Å². The van der Waals surface area contributed by atoms with Crippen LogP contribution in [0.25, 0.3) is 0 Å². The van der Waals surface area contributed by atoms with Crippen molar-refractivity contribution < 1.29 is 14.7 Å². The summed E-state index contributed by atoms with van der Waals surface area (Å²) in [7, 11) is 0. The third-order valence-electron chi connectivity index (χ3n) is 2.14. The zero-order valence-corrected chi connectivity index (χ0v) is 10.1. The Balaban J connectivity index is 3.22. The summed E-state index contributed by atoms with van der Waals surface area (Å²) in [5.74, 6) is -0.231. The van der Waals surface area contributed by atoms with E-state index in [1.54, 1.807) is 0 Å². The van der Waals surface area contributed by atoms with E-state index in [9.17, 15) is 9.59 Å². The Morgan fingerprint density at radius 2 is 1.62 bits per heavy atom. The summed E-state index contributed by atoms with van der Waals surface area (Å²) in [6.45, 7) is 4.53. The Morgan fingerprint density at radius 1 is 1.06 bits per heavy atom. The fourth-order valence-electron chi connectivity index (χ4n) is 1.13. The monoisotopic (exact) mass is 230 g/mol. The number of nitrogens with one attached hydrogen (secondary N) is 2. The lowest BCUT2D eigenvalue weighted by molar-refractivity contribution is -0.124. The van der Waals surface area contributed by atoms with Crippen molar-refractivity contribution in [1.82, 2.24) is 10.6 Å². The van der Waals surface area contributed by atoms with Gasteiger partial charge in [0.2, 0.25) is 11.8 Å². The molecule has 0 aliphatic heterocycles. The van der Waals surface area contributed by atoms with E-state index in [-0.39, 0.29) is 17.7 Å². The number of aliphatic hydroxyl groups excluding tert-OH is 1. The van der Waals surface area contributed by atoms with E-state index in [1.165, 1.54) is 0 Å². The molecule has 0 aromatic heterocycles. The second-order valence-electron chi connectivity index (χ2n) is 4.01. The van der Waals surface area contributed by atoms with Gasteiger partial charge in [-0.3, -0.25) is 9.59 Å². The third-order valence-corrected chi connectivity index (χ3v) is 2.14. The van der Waals surface area contributed by atoms with Gasteiger partial charge < -0.3 is 15.7 Å². The molecule has 0 fully saturated rings. The molecular weight excluding hydrogens is 208 g/mol. The smallest absolute Gasteiger partial charge is 0.245 e. The van der Waals surface area contributed by atoms with Gasteiger partial charge in [-0.15, -0.1) is 0 Å². The quantitative estimate of drug-likeness (QED) is 0.515. The molecule has 0 aliphatic rings. The number of aliphatic hydroxyl groups is 1. The first kappa shape index (κ1) is 14.9. The highest BCUT2D eigenvalue weighted by molar-refractivity contribution is 5.77. The predicted octanol–water partition coefficient (Wildman–Crippen LogP) is 0.0374. The molecule has 0 aromatic carbocycles. The molecule has 0 atom stereocenters. The van der Waals surface area contributed by atoms with Crippen molar-refractivity contribution in [3.05, 3.63) is 0 Å². The average molecular weight is 230 g/mol. The summed E-state index contributed by atoms with van der Waals surface area (Å²) in [4.78, 5) is 21.8. The molecule has 5 heteroatoms. The van der Waals surface area contributed by atoms with Crippen molar-refractivity contribution in [2.24, 2.45) is 5.92 Å². The van der Waals surface area contributed by atoms with Crippen molar-refractivity contribution in [2.45, 2.75) is 33.1 Å². The molecule has 0 saturated carbocycles. The molecule has 5 nitrogen and oxygen atoms in total. The maximum atomic E-state index is 11.2. The van der Waals surface area contributed by atoms with Gasteiger partial charge in [-0.25, -0.2) is 0 Å². The molecule has 0 radical (unpaired) electrons. The first-order valence-electron chi connectivity index (χ1n) is 5.73. The van der Waals surface area contributed by atoms with Crippen molar-refractivity contribution in [1.29, 1.82) is 0 Å². The Kier molecular flexibility index (Phi) is 8.52. The Bertz CT molecular complexity index is 217. The molecule has 16 heavy (non-hydrogen) atoms. The normalized spacial score (nSPS) is 10.2. The minimum absolute atomic E-state index is 0.0313. The van der Waals surface area contributed by atoms with E-state index in [0.29, 0.717) is 13.1 Å². The molecule has 0 saturated heterocycles. The van der Waals surface area contributed by atoms with Crippen LogP contribution in [-0.4, -0.2) is 36.6 Å². The van der Waals surface area contributed by atoms with Gasteiger partial charge in [-0.05, 0) is 19.3 Å². The van der Waals surface area contributed by atoms with E-state index in [4.69, 9.17) is 5.11 Å². The topological polar surface area (TPSA) is 78.4 Å². The zero-order valence-electron chi connectivity index (χ0n) is 10.1. The Morgan fingerprint density at radius 3 is 2.12 bits per heavy atom. The van der Waals surface area contributed by atoms with Crippen molar-refractivity contribution in [2.75, 3.05) is 19.7 Å². The molecule has 0 rings (SSSR count). The fourth-order valence-corrected chi connectivity index (χ4v) is 1.13. The maximum absolute atomic E-state index is 11.2. The van der Waals surface area contributed by atoms with Gasteiger partial charge in [-0.1, -0.05) is 13.8 Å². The molecule has 2 amide bonds. The van der Waals surface area contributed by atoms with Crippen molar-refractivity contribution >= 4 is 11.8 Å². The van der Waals surface area contributed by atoms with Crippen LogP contribution in [0.4, 0.5) is 0 Å². The molecule has 0 aromatic rings. The van der Waals surface area contributed by atoms with Crippen LogP contribution in [0.15, 0.2) is 0 Å². The van der Waals surface area contributed by atoms with Crippen molar-refractivity contribution in [3.8, 4) is 0 Å². The standard InChI is InChI=1S/C11H22N2O3/c1-9(2)11(16)13-7-5-3-4-6-12-10(15)8-14/h9,14H,3-8H2,1-2H3,(H,12,15)(H,13,16). The third kappa shape index (κ3) is 8.23. The van der Waals surface area contributed by atoms with E-state index in [1.807, 2.05) is 13.8 Å². The summed E-state index contributed by atoms with van der Waals surface area (Å²) in [6, 6.07) is 0. The number of hydrogen-bond donors (Lipinski definition) is 3. The summed E-state index contributed by atoms with van der Waals surface area (Å²) < 4.78 is 0. The molecular formula is C11H22N2O3. The van der Waals surface area contributed by atoms with E-state index in [0.717, 1.165) is 19.3 Å². The highest BCUT2D eigenvalue weighted by Crippen LogP contribution is 1.94. The fraction of sp³-hybridized carbons (Fsp3) is 0.818.